The van der Waals surface area contributed by atoms with Crippen LogP contribution in [0.5, 0.6) is 0 Å². The second-order valence-electron chi connectivity index (χ2n) is 5.35. The first-order chi connectivity index (χ1) is 10.4. The summed E-state index contributed by atoms with van der Waals surface area (Å²) >= 11 is 0. The summed E-state index contributed by atoms with van der Waals surface area (Å²) in [5.41, 5.74) is 1.14. The van der Waals surface area contributed by atoms with Crippen LogP contribution in [0.15, 0.2) is 30.3 Å². The maximum absolute atomic E-state index is 12.3. The van der Waals surface area contributed by atoms with E-state index in [0.29, 0.717) is 19.6 Å². The van der Waals surface area contributed by atoms with Gasteiger partial charge >= 0.3 is 12.2 Å². The van der Waals surface area contributed by atoms with Gasteiger partial charge in [-0.05, 0) is 12.0 Å². The lowest BCUT2D eigenvalue weighted by atomic mass is 10.1. The van der Waals surface area contributed by atoms with E-state index in [1.54, 1.807) is 4.90 Å². The van der Waals surface area contributed by atoms with Crippen LogP contribution in [0.3, 0.4) is 0 Å². The number of nitrogens with one attached hydrogen (secondary N) is 1. The lowest BCUT2D eigenvalue weighted by Gasteiger charge is -2.34. The fraction of sp³-hybridized carbons (Fsp3) is 0.533. The van der Waals surface area contributed by atoms with Gasteiger partial charge in [0.05, 0.1) is 6.54 Å². The maximum atomic E-state index is 12.3. The van der Waals surface area contributed by atoms with Crippen molar-refractivity contribution in [2.75, 3.05) is 39.3 Å². The number of hydrogen-bond donors (Lipinski definition) is 1. The molecular weight excluding hydrogens is 295 g/mol. The molecule has 2 rings (SSSR count). The van der Waals surface area contributed by atoms with Crippen LogP contribution in [0.1, 0.15) is 5.56 Å². The molecule has 0 saturated carbocycles. The van der Waals surface area contributed by atoms with Crippen LogP contribution in [0.25, 0.3) is 0 Å². The van der Waals surface area contributed by atoms with Crippen LogP contribution >= 0.6 is 0 Å². The Morgan fingerprint density at radius 3 is 2.32 bits per heavy atom. The van der Waals surface area contributed by atoms with Crippen molar-refractivity contribution in [3.63, 3.8) is 0 Å². The van der Waals surface area contributed by atoms with E-state index in [1.165, 1.54) is 4.90 Å². The van der Waals surface area contributed by atoms with E-state index in [4.69, 9.17) is 0 Å². The van der Waals surface area contributed by atoms with Gasteiger partial charge in [-0.15, -0.1) is 0 Å². The first kappa shape index (κ1) is 16.6. The highest BCUT2D eigenvalue weighted by Gasteiger charge is 2.32. The molecule has 1 aliphatic rings. The van der Waals surface area contributed by atoms with Crippen LogP contribution in [-0.4, -0.2) is 61.3 Å². The number of hydrogen-bond acceptors (Lipinski definition) is 2. The summed E-state index contributed by atoms with van der Waals surface area (Å²) in [6.07, 6.45) is -3.44. The number of piperazine rings is 1. The molecule has 1 aromatic rings. The molecule has 0 bridgehead atoms. The van der Waals surface area contributed by atoms with E-state index in [-0.39, 0.29) is 19.1 Å². The Hall–Kier alpha value is -1.76. The van der Waals surface area contributed by atoms with Crippen molar-refractivity contribution in [3.05, 3.63) is 35.9 Å². The van der Waals surface area contributed by atoms with Crippen molar-refractivity contribution >= 4 is 6.03 Å². The fourth-order valence-corrected chi connectivity index (χ4v) is 2.43. The molecule has 7 heteroatoms. The number of amides is 2. The highest BCUT2D eigenvalue weighted by atomic mass is 19.4. The van der Waals surface area contributed by atoms with Gasteiger partial charge in [-0.1, -0.05) is 30.3 Å². The molecule has 0 spiro atoms. The molecule has 2 amide bonds. The van der Waals surface area contributed by atoms with Gasteiger partial charge in [0.15, 0.2) is 0 Å². The minimum absolute atomic E-state index is 0.206. The van der Waals surface area contributed by atoms with Crippen molar-refractivity contribution < 1.29 is 18.0 Å². The van der Waals surface area contributed by atoms with Crippen molar-refractivity contribution in [2.24, 2.45) is 0 Å². The van der Waals surface area contributed by atoms with Crippen molar-refractivity contribution in [2.45, 2.75) is 12.6 Å². The van der Waals surface area contributed by atoms with Crippen molar-refractivity contribution in [1.29, 1.82) is 0 Å². The summed E-state index contributed by atoms with van der Waals surface area (Å²) in [4.78, 5) is 14.8. The van der Waals surface area contributed by atoms with Crippen molar-refractivity contribution in [1.82, 2.24) is 15.1 Å². The lowest BCUT2D eigenvalue weighted by molar-refractivity contribution is -0.148. The predicted octanol–water partition coefficient (Wildman–Crippen LogP) is 2.12. The Bertz CT molecular complexity index is 471. The Balaban J connectivity index is 1.67. The average molecular weight is 315 g/mol. The molecule has 1 N–H and O–H groups in total. The van der Waals surface area contributed by atoms with Crippen molar-refractivity contribution in [3.8, 4) is 0 Å². The largest absolute Gasteiger partial charge is 0.401 e. The third-order valence-electron chi connectivity index (χ3n) is 3.60. The zero-order valence-corrected chi connectivity index (χ0v) is 12.3. The van der Waals surface area contributed by atoms with Gasteiger partial charge in [-0.25, -0.2) is 4.79 Å². The van der Waals surface area contributed by atoms with E-state index < -0.39 is 12.7 Å². The number of alkyl halides is 3. The second kappa shape index (κ2) is 7.49. The predicted molar refractivity (Wildman–Crippen MR) is 77.6 cm³/mol. The van der Waals surface area contributed by atoms with Crippen LogP contribution in [-0.2, 0) is 6.42 Å². The minimum Gasteiger partial charge on any atom is -0.338 e. The first-order valence-electron chi connectivity index (χ1n) is 7.30. The molecule has 1 fully saturated rings. The fourth-order valence-electron chi connectivity index (χ4n) is 2.43. The molecule has 1 aromatic carbocycles. The van der Waals surface area contributed by atoms with Crippen LogP contribution in [0.4, 0.5) is 18.0 Å². The Kier molecular flexibility index (Phi) is 5.65. The number of rotatable bonds is 4. The van der Waals surface area contributed by atoms with Gasteiger partial charge in [-0.2, -0.15) is 13.2 Å². The number of halogens is 3. The molecule has 22 heavy (non-hydrogen) atoms. The summed E-state index contributed by atoms with van der Waals surface area (Å²) < 4.78 is 36.9. The topological polar surface area (TPSA) is 35.6 Å². The van der Waals surface area contributed by atoms with E-state index in [0.717, 1.165) is 12.0 Å². The lowest BCUT2D eigenvalue weighted by Crippen LogP contribution is -2.53. The smallest absolute Gasteiger partial charge is 0.338 e. The van der Waals surface area contributed by atoms with Gasteiger partial charge < -0.3 is 10.2 Å². The number of urea groups is 1. The zero-order valence-electron chi connectivity index (χ0n) is 12.3. The molecule has 1 saturated heterocycles. The highest BCUT2D eigenvalue weighted by Crippen LogP contribution is 2.17. The Morgan fingerprint density at radius 1 is 1.09 bits per heavy atom. The summed E-state index contributed by atoms with van der Waals surface area (Å²) in [5.74, 6) is 0. The second-order valence-corrected chi connectivity index (χ2v) is 5.35. The zero-order chi connectivity index (χ0) is 16.0. The van der Waals surface area contributed by atoms with Gasteiger partial charge in [0.2, 0.25) is 0 Å². The first-order valence-corrected chi connectivity index (χ1v) is 7.30. The summed E-state index contributed by atoms with van der Waals surface area (Å²) in [6, 6.07) is 9.59. The standard InChI is InChI=1S/C15H20F3N3O/c16-15(17,18)12-20-8-10-21(11-9-20)14(22)19-7-6-13-4-2-1-3-5-13/h1-5H,6-12H2,(H,19,22). The number of carbonyl (C=O) groups excluding carboxylic acids is 1. The third kappa shape index (κ3) is 5.55. The highest BCUT2D eigenvalue weighted by molar-refractivity contribution is 5.74. The van der Waals surface area contributed by atoms with E-state index in [1.807, 2.05) is 30.3 Å². The third-order valence-corrected chi connectivity index (χ3v) is 3.60. The summed E-state index contributed by atoms with van der Waals surface area (Å²) in [5, 5.41) is 2.81. The molecule has 0 aliphatic carbocycles. The Labute approximate surface area is 127 Å². The Morgan fingerprint density at radius 2 is 1.73 bits per heavy atom. The number of benzene rings is 1. The molecule has 1 aliphatic heterocycles. The van der Waals surface area contributed by atoms with Crippen LogP contribution in [0, 0.1) is 0 Å². The van der Waals surface area contributed by atoms with Crippen LogP contribution < -0.4 is 5.32 Å². The van der Waals surface area contributed by atoms with Gasteiger partial charge in [0, 0.05) is 32.7 Å². The normalized spacial score (nSPS) is 16.6. The van der Waals surface area contributed by atoms with Gasteiger partial charge in [0.1, 0.15) is 0 Å². The van der Waals surface area contributed by atoms with Crippen LogP contribution in [0.2, 0.25) is 0 Å². The monoisotopic (exact) mass is 315 g/mol. The maximum Gasteiger partial charge on any atom is 0.401 e. The molecule has 0 unspecified atom stereocenters. The molecule has 0 radical (unpaired) electrons. The SMILES string of the molecule is O=C(NCCc1ccccc1)N1CCN(CC(F)(F)F)CC1. The minimum atomic E-state index is -4.18. The molecule has 122 valence electrons. The summed E-state index contributed by atoms with van der Waals surface area (Å²) in [6.45, 7) is 0.778. The molecule has 1 heterocycles. The van der Waals surface area contributed by atoms with Gasteiger partial charge in [0.25, 0.3) is 0 Å². The molecule has 4 nitrogen and oxygen atoms in total. The molecular formula is C15H20F3N3O. The molecule has 0 atom stereocenters. The van der Waals surface area contributed by atoms with E-state index in [9.17, 15) is 18.0 Å². The van der Waals surface area contributed by atoms with Gasteiger partial charge in [-0.3, -0.25) is 4.90 Å². The number of nitrogens with zero attached hydrogens (tertiary/aromatic N) is 2. The molecule has 0 aromatic heterocycles. The van der Waals surface area contributed by atoms with E-state index >= 15 is 0 Å². The quantitative estimate of drug-likeness (QED) is 0.924. The van der Waals surface area contributed by atoms with E-state index in [2.05, 4.69) is 5.32 Å². The average Bonchev–Trinajstić information content (AvgIpc) is 2.47. The summed E-state index contributed by atoms with van der Waals surface area (Å²) in [7, 11) is 0. The number of carbonyl (C=O) groups is 1.